The van der Waals surface area contributed by atoms with Crippen LogP contribution < -0.4 is 5.32 Å². The molecular formula is C14H23N. The second kappa shape index (κ2) is 5.99. The highest BCUT2D eigenvalue weighted by molar-refractivity contribution is 5.07. The van der Waals surface area contributed by atoms with Crippen molar-refractivity contribution >= 4 is 0 Å². The van der Waals surface area contributed by atoms with E-state index in [0.717, 1.165) is 6.54 Å². The van der Waals surface area contributed by atoms with Gasteiger partial charge < -0.3 is 5.32 Å². The van der Waals surface area contributed by atoms with Crippen molar-refractivity contribution in [2.45, 2.75) is 57.8 Å². The summed E-state index contributed by atoms with van der Waals surface area (Å²) >= 11 is 0. The maximum Gasteiger partial charge on any atom is 0.0181 e. The first-order chi connectivity index (χ1) is 7.45. The molecule has 0 aliphatic heterocycles. The van der Waals surface area contributed by atoms with Gasteiger partial charge in [-0.05, 0) is 57.8 Å². The van der Waals surface area contributed by atoms with Crippen LogP contribution in [0.1, 0.15) is 57.8 Å². The molecule has 0 aromatic heterocycles. The van der Waals surface area contributed by atoms with Gasteiger partial charge in [0.05, 0.1) is 0 Å². The predicted molar refractivity (Wildman–Crippen MR) is 65.7 cm³/mol. The van der Waals surface area contributed by atoms with Gasteiger partial charge in [-0.1, -0.05) is 17.7 Å². The van der Waals surface area contributed by atoms with Crippen molar-refractivity contribution in [3.05, 3.63) is 23.4 Å². The van der Waals surface area contributed by atoms with Crippen molar-refractivity contribution in [3.63, 3.8) is 0 Å². The lowest BCUT2D eigenvalue weighted by molar-refractivity contribution is 0.620. The molecule has 0 saturated heterocycles. The van der Waals surface area contributed by atoms with Crippen LogP contribution in [-0.2, 0) is 0 Å². The first kappa shape index (κ1) is 10.8. The standard InChI is InChI=1S/C14H23N/c1-3-7-13(8-4-1)11-12-15-14-9-5-2-6-10-14/h7,9,15H,1-6,8,10-12H2. The zero-order valence-corrected chi connectivity index (χ0v) is 9.73. The van der Waals surface area contributed by atoms with Crippen LogP contribution in [0.15, 0.2) is 23.4 Å². The Hall–Kier alpha value is -0.720. The number of hydrogen-bond acceptors (Lipinski definition) is 1. The van der Waals surface area contributed by atoms with Gasteiger partial charge in [-0.3, -0.25) is 0 Å². The van der Waals surface area contributed by atoms with Crippen molar-refractivity contribution < 1.29 is 0 Å². The average Bonchev–Trinajstić information content (AvgIpc) is 2.32. The van der Waals surface area contributed by atoms with Gasteiger partial charge in [0.1, 0.15) is 0 Å². The van der Waals surface area contributed by atoms with Gasteiger partial charge in [0.25, 0.3) is 0 Å². The summed E-state index contributed by atoms with van der Waals surface area (Å²) in [5.41, 5.74) is 3.18. The Labute approximate surface area is 93.6 Å². The molecule has 2 aliphatic carbocycles. The van der Waals surface area contributed by atoms with Crippen LogP contribution in [0.2, 0.25) is 0 Å². The van der Waals surface area contributed by atoms with Crippen LogP contribution in [-0.4, -0.2) is 6.54 Å². The number of nitrogens with one attached hydrogen (secondary N) is 1. The lowest BCUT2D eigenvalue weighted by atomic mass is 9.97. The first-order valence-corrected chi connectivity index (χ1v) is 6.56. The summed E-state index contributed by atoms with van der Waals surface area (Å²) in [4.78, 5) is 0. The van der Waals surface area contributed by atoms with Gasteiger partial charge >= 0.3 is 0 Å². The predicted octanol–water partition coefficient (Wildman–Crippen LogP) is 3.92. The Kier molecular flexibility index (Phi) is 4.31. The van der Waals surface area contributed by atoms with Crippen LogP contribution in [0.5, 0.6) is 0 Å². The van der Waals surface area contributed by atoms with E-state index < -0.39 is 0 Å². The van der Waals surface area contributed by atoms with Crippen LogP contribution in [0.3, 0.4) is 0 Å². The van der Waals surface area contributed by atoms with Crippen molar-refractivity contribution in [2.75, 3.05) is 6.54 Å². The lowest BCUT2D eigenvalue weighted by Gasteiger charge is -2.17. The molecule has 0 radical (unpaired) electrons. The van der Waals surface area contributed by atoms with E-state index in [1.54, 1.807) is 5.57 Å². The zero-order chi connectivity index (χ0) is 10.3. The van der Waals surface area contributed by atoms with E-state index >= 15 is 0 Å². The van der Waals surface area contributed by atoms with E-state index in [1.807, 2.05) is 0 Å². The van der Waals surface area contributed by atoms with Gasteiger partial charge in [0.2, 0.25) is 0 Å². The molecule has 1 nitrogen and oxygen atoms in total. The summed E-state index contributed by atoms with van der Waals surface area (Å²) in [6.45, 7) is 1.15. The van der Waals surface area contributed by atoms with Gasteiger partial charge in [-0.2, -0.15) is 0 Å². The molecule has 1 N–H and O–H groups in total. The monoisotopic (exact) mass is 205 g/mol. The SMILES string of the molecule is C1=C(CCNC2=CCCCC2)CCCC1. The molecule has 0 bridgehead atoms. The van der Waals surface area contributed by atoms with Crippen LogP contribution in [0.4, 0.5) is 0 Å². The Morgan fingerprint density at radius 3 is 2.40 bits per heavy atom. The minimum Gasteiger partial charge on any atom is -0.388 e. The molecule has 0 unspecified atom stereocenters. The number of allylic oxidation sites excluding steroid dienone is 3. The maximum atomic E-state index is 3.59. The van der Waals surface area contributed by atoms with E-state index in [-0.39, 0.29) is 0 Å². The fraction of sp³-hybridized carbons (Fsp3) is 0.714. The lowest BCUT2D eigenvalue weighted by Crippen LogP contribution is -2.17. The van der Waals surface area contributed by atoms with Crippen molar-refractivity contribution in [1.82, 2.24) is 5.32 Å². The third-order valence-corrected chi connectivity index (χ3v) is 3.47. The molecule has 0 fully saturated rings. The van der Waals surface area contributed by atoms with Gasteiger partial charge in [-0.15, -0.1) is 0 Å². The summed E-state index contributed by atoms with van der Waals surface area (Å²) < 4.78 is 0. The van der Waals surface area contributed by atoms with Crippen LogP contribution in [0, 0.1) is 0 Å². The van der Waals surface area contributed by atoms with Crippen LogP contribution >= 0.6 is 0 Å². The van der Waals surface area contributed by atoms with E-state index in [2.05, 4.69) is 17.5 Å². The third kappa shape index (κ3) is 3.73. The van der Waals surface area contributed by atoms with Gasteiger partial charge in [0.15, 0.2) is 0 Å². The molecule has 0 spiro atoms. The highest BCUT2D eigenvalue weighted by Crippen LogP contribution is 2.20. The van der Waals surface area contributed by atoms with Crippen molar-refractivity contribution in [1.29, 1.82) is 0 Å². The highest BCUT2D eigenvalue weighted by atomic mass is 14.9. The Bertz CT molecular complexity index is 224. The summed E-state index contributed by atoms with van der Waals surface area (Å²) in [7, 11) is 0. The molecule has 2 rings (SSSR count). The smallest absolute Gasteiger partial charge is 0.0181 e. The molecule has 0 amide bonds. The molecule has 0 saturated carbocycles. The molecule has 0 aromatic carbocycles. The normalized spacial score (nSPS) is 21.9. The Morgan fingerprint density at radius 2 is 1.73 bits per heavy atom. The largest absolute Gasteiger partial charge is 0.388 e. The summed E-state index contributed by atoms with van der Waals surface area (Å²) in [6.07, 6.45) is 16.9. The fourth-order valence-electron chi connectivity index (χ4n) is 2.51. The average molecular weight is 205 g/mol. The molecule has 1 heteroatoms. The molecule has 0 atom stereocenters. The van der Waals surface area contributed by atoms with Crippen LogP contribution in [0.25, 0.3) is 0 Å². The zero-order valence-electron chi connectivity index (χ0n) is 9.73. The van der Waals surface area contributed by atoms with Crippen molar-refractivity contribution in [2.24, 2.45) is 0 Å². The second-order valence-corrected chi connectivity index (χ2v) is 4.76. The van der Waals surface area contributed by atoms with E-state index in [0.29, 0.717) is 0 Å². The molecule has 2 aliphatic rings. The fourth-order valence-corrected chi connectivity index (χ4v) is 2.51. The molecule has 15 heavy (non-hydrogen) atoms. The topological polar surface area (TPSA) is 12.0 Å². The molecule has 0 aromatic rings. The third-order valence-electron chi connectivity index (χ3n) is 3.47. The molecule has 84 valence electrons. The first-order valence-electron chi connectivity index (χ1n) is 6.56. The number of rotatable bonds is 4. The quantitative estimate of drug-likeness (QED) is 0.686. The molecule has 0 heterocycles. The summed E-state index contributed by atoms with van der Waals surface area (Å²) in [5, 5.41) is 3.59. The number of hydrogen-bond donors (Lipinski definition) is 1. The van der Waals surface area contributed by atoms with Gasteiger partial charge in [0, 0.05) is 12.2 Å². The minimum absolute atomic E-state index is 1.15. The maximum absolute atomic E-state index is 3.59. The summed E-state index contributed by atoms with van der Waals surface area (Å²) in [6, 6.07) is 0. The highest BCUT2D eigenvalue weighted by Gasteiger charge is 2.05. The second-order valence-electron chi connectivity index (χ2n) is 4.76. The Morgan fingerprint density at radius 1 is 0.933 bits per heavy atom. The minimum atomic E-state index is 1.15. The summed E-state index contributed by atoms with van der Waals surface area (Å²) in [5.74, 6) is 0. The van der Waals surface area contributed by atoms with Crippen molar-refractivity contribution in [3.8, 4) is 0 Å². The van der Waals surface area contributed by atoms with E-state index in [4.69, 9.17) is 0 Å². The molecular weight excluding hydrogens is 182 g/mol. The van der Waals surface area contributed by atoms with E-state index in [9.17, 15) is 0 Å². The van der Waals surface area contributed by atoms with Gasteiger partial charge in [-0.25, -0.2) is 0 Å². The Balaban J connectivity index is 1.65. The van der Waals surface area contributed by atoms with E-state index in [1.165, 1.54) is 63.5 Å².